The summed E-state index contributed by atoms with van der Waals surface area (Å²) in [4.78, 5) is 0. The summed E-state index contributed by atoms with van der Waals surface area (Å²) in [5.41, 5.74) is 7.49. The third-order valence-corrected chi connectivity index (χ3v) is 1.67. The second-order valence-electron chi connectivity index (χ2n) is 2.84. The van der Waals surface area contributed by atoms with Crippen molar-refractivity contribution in [2.45, 2.75) is 13.8 Å². The van der Waals surface area contributed by atoms with Crippen LogP contribution in [0.25, 0.3) is 0 Å². The number of hydrogen-bond donors (Lipinski definition) is 2. The number of rotatable bonds is 1. The van der Waals surface area contributed by atoms with Crippen LogP contribution in [0.5, 0.6) is 5.75 Å². The molecule has 1 aromatic carbocycles. The zero-order valence-corrected chi connectivity index (χ0v) is 7.74. The smallest absolute Gasteiger partial charge is 0.309 e. The van der Waals surface area contributed by atoms with Crippen LogP contribution in [0.4, 0.5) is 0 Å². The van der Waals surface area contributed by atoms with E-state index in [9.17, 15) is 0 Å². The summed E-state index contributed by atoms with van der Waals surface area (Å²) in [6.45, 7) is 3.95. The van der Waals surface area contributed by atoms with E-state index in [4.69, 9.17) is 16.3 Å². The second-order valence-corrected chi connectivity index (χ2v) is 2.84. The Morgan fingerprint density at radius 2 is 2.08 bits per heavy atom. The minimum absolute atomic E-state index is 0.0352. The minimum Gasteiger partial charge on any atom is -0.425 e. The van der Waals surface area contributed by atoms with Crippen LogP contribution in [0.15, 0.2) is 23.3 Å². The summed E-state index contributed by atoms with van der Waals surface area (Å²) < 4.78 is 5.15. The Morgan fingerprint density at radius 1 is 1.38 bits per heavy atom. The van der Waals surface area contributed by atoms with Crippen molar-refractivity contribution in [3.8, 4) is 5.75 Å². The first kappa shape index (κ1) is 9.38. The molecule has 0 aliphatic carbocycles. The third kappa shape index (κ3) is 2.37. The Bertz CT molecular complexity index is 334. The van der Waals surface area contributed by atoms with Gasteiger partial charge < -0.3 is 16.3 Å². The van der Waals surface area contributed by atoms with Crippen LogP contribution in [0.2, 0.25) is 0 Å². The Balaban J connectivity index is 2.90. The molecule has 1 aromatic rings. The number of nitrogens with zero attached hydrogens (tertiary/aromatic N) is 1. The van der Waals surface area contributed by atoms with Gasteiger partial charge >= 0.3 is 6.02 Å². The maximum Gasteiger partial charge on any atom is 0.309 e. The molecule has 0 aromatic heterocycles. The molecule has 70 valence electrons. The molecule has 4 N–H and O–H groups in total. The van der Waals surface area contributed by atoms with E-state index in [2.05, 4.69) is 5.10 Å². The molecule has 0 atom stereocenters. The summed E-state index contributed by atoms with van der Waals surface area (Å²) in [6.07, 6.45) is 0. The van der Waals surface area contributed by atoms with Gasteiger partial charge in [-0.15, -0.1) is 5.10 Å². The molecule has 0 aliphatic heterocycles. The Morgan fingerprint density at radius 3 is 2.62 bits per heavy atom. The quantitative estimate of drug-likeness (QED) is 0.291. The van der Waals surface area contributed by atoms with Crippen LogP contribution in [0, 0.1) is 13.8 Å². The topological polar surface area (TPSA) is 73.6 Å². The van der Waals surface area contributed by atoms with E-state index < -0.39 is 0 Å². The number of nitrogens with two attached hydrogens (primary N) is 2. The molecular weight excluding hydrogens is 166 g/mol. The van der Waals surface area contributed by atoms with Crippen molar-refractivity contribution in [1.29, 1.82) is 0 Å². The molecule has 0 saturated carbocycles. The fraction of sp³-hybridized carbons (Fsp3) is 0.222. The first-order valence-corrected chi connectivity index (χ1v) is 3.92. The molecule has 0 spiro atoms. The van der Waals surface area contributed by atoms with E-state index in [-0.39, 0.29) is 6.02 Å². The van der Waals surface area contributed by atoms with Crippen LogP contribution in [0.1, 0.15) is 11.1 Å². The molecule has 0 amide bonds. The molecule has 1 rings (SSSR count). The van der Waals surface area contributed by atoms with Gasteiger partial charge in [-0.25, -0.2) is 0 Å². The highest BCUT2D eigenvalue weighted by atomic mass is 16.5. The van der Waals surface area contributed by atoms with E-state index in [1.807, 2.05) is 32.0 Å². The van der Waals surface area contributed by atoms with Crippen molar-refractivity contribution in [3.05, 3.63) is 29.3 Å². The highest BCUT2D eigenvalue weighted by molar-refractivity contribution is 5.74. The molecule has 0 radical (unpaired) electrons. The second kappa shape index (κ2) is 3.80. The Hall–Kier alpha value is -1.71. The van der Waals surface area contributed by atoms with Gasteiger partial charge in [-0.3, -0.25) is 0 Å². The average Bonchev–Trinajstić information content (AvgIpc) is 2.09. The number of hydrogen-bond acceptors (Lipinski definition) is 3. The molecule has 4 heteroatoms. The van der Waals surface area contributed by atoms with Gasteiger partial charge in [0.1, 0.15) is 5.75 Å². The Kier molecular flexibility index (Phi) is 2.74. The fourth-order valence-electron chi connectivity index (χ4n) is 1.05. The van der Waals surface area contributed by atoms with Crippen molar-refractivity contribution in [2.24, 2.45) is 16.7 Å². The maximum absolute atomic E-state index is 5.31. The Labute approximate surface area is 77.2 Å². The van der Waals surface area contributed by atoms with Crippen molar-refractivity contribution in [3.63, 3.8) is 0 Å². The normalized spacial score (nSPS) is 11.4. The summed E-state index contributed by atoms with van der Waals surface area (Å²) >= 11 is 0. The predicted molar refractivity (Wildman–Crippen MR) is 52.4 cm³/mol. The van der Waals surface area contributed by atoms with Gasteiger partial charge in [-0.05, 0) is 25.5 Å². The summed E-state index contributed by atoms with van der Waals surface area (Å²) in [7, 11) is 0. The monoisotopic (exact) mass is 179 g/mol. The molecule has 0 saturated heterocycles. The highest BCUT2D eigenvalue weighted by Gasteiger charge is 2.01. The first-order chi connectivity index (χ1) is 6.13. The predicted octanol–water partition coefficient (Wildman–Crippen LogP) is 0.871. The van der Waals surface area contributed by atoms with Crippen molar-refractivity contribution < 1.29 is 4.74 Å². The van der Waals surface area contributed by atoms with E-state index >= 15 is 0 Å². The lowest BCUT2D eigenvalue weighted by atomic mass is 10.1. The molecule has 0 fully saturated rings. The van der Waals surface area contributed by atoms with E-state index in [0.29, 0.717) is 5.75 Å². The van der Waals surface area contributed by atoms with Crippen LogP contribution < -0.4 is 16.3 Å². The maximum atomic E-state index is 5.31. The summed E-state index contributed by atoms with van der Waals surface area (Å²) in [5, 5.41) is 3.22. The number of amidine groups is 1. The number of ether oxygens (including phenoxy) is 1. The largest absolute Gasteiger partial charge is 0.425 e. The third-order valence-electron chi connectivity index (χ3n) is 1.67. The standard InChI is InChI=1S/C9H13N3O/c1-6-3-4-8(7(2)5-6)13-9(10)12-11/h3-5H,11H2,1-2H3,(H2,10,12). The van der Waals surface area contributed by atoms with Gasteiger partial charge in [0.05, 0.1) is 0 Å². The highest BCUT2D eigenvalue weighted by Crippen LogP contribution is 2.18. The fourth-order valence-corrected chi connectivity index (χ4v) is 1.05. The minimum atomic E-state index is -0.0352. The van der Waals surface area contributed by atoms with Crippen LogP contribution in [-0.4, -0.2) is 6.02 Å². The lowest BCUT2D eigenvalue weighted by Crippen LogP contribution is -2.21. The zero-order chi connectivity index (χ0) is 9.84. The SMILES string of the molecule is Cc1ccc(O/C(N)=N/N)c(C)c1. The summed E-state index contributed by atoms with van der Waals surface area (Å²) in [6, 6.07) is 5.74. The van der Waals surface area contributed by atoms with E-state index in [0.717, 1.165) is 5.56 Å². The van der Waals surface area contributed by atoms with Crippen LogP contribution in [0.3, 0.4) is 0 Å². The number of hydrazone groups is 1. The van der Waals surface area contributed by atoms with Crippen LogP contribution in [-0.2, 0) is 0 Å². The first-order valence-electron chi connectivity index (χ1n) is 3.92. The van der Waals surface area contributed by atoms with Gasteiger partial charge in [0.25, 0.3) is 0 Å². The van der Waals surface area contributed by atoms with Crippen molar-refractivity contribution >= 4 is 6.02 Å². The lowest BCUT2D eigenvalue weighted by Gasteiger charge is -2.06. The van der Waals surface area contributed by atoms with Gasteiger partial charge in [0.15, 0.2) is 0 Å². The van der Waals surface area contributed by atoms with Gasteiger partial charge in [-0.1, -0.05) is 17.7 Å². The molecule has 0 unspecified atom stereocenters. The van der Waals surface area contributed by atoms with Gasteiger partial charge in [0, 0.05) is 0 Å². The molecular formula is C9H13N3O. The number of benzene rings is 1. The van der Waals surface area contributed by atoms with E-state index in [1.54, 1.807) is 0 Å². The van der Waals surface area contributed by atoms with Crippen LogP contribution >= 0.6 is 0 Å². The molecule has 0 bridgehead atoms. The zero-order valence-electron chi connectivity index (χ0n) is 7.74. The molecule has 0 aliphatic rings. The van der Waals surface area contributed by atoms with Gasteiger partial charge in [-0.2, -0.15) is 0 Å². The van der Waals surface area contributed by atoms with E-state index in [1.165, 1.54) is 5.56 Å². The summed E-state index contributed by atoms with van der Waals surface area (Å²) in [5.74, 6) is 5.62. The average molecular weight is 179 g/mol. The van der Waals surface area contributed by atoms with Gasteiger partial charge in [0.2, 0.25) is 0 Å². The molecule has 4 nitrogen and oxygen atoms in total. The molecule has 0 heterocycles. The van der Waals surface area contributed by atoms with Crippen molar-refractivity contribution in [2.75, 3.05) is 0 Å². The number of aryl methyl sites for hydroxylation is 2. The molecule has 13 heavy (non-hydrogen) atoms. The van der Waals surface area contributed by atoms with Crippen molar-refractivity contribution in [1.82, 2.24) is 0 Å². The lowest BCUT2D eigenvalue weighted by molar-refractivity contribution is 0.534.